The highest BCUT2D eigenvalue weighted by Crippen LogP contribution is 2.22. The van der Waals surface area contributed by atoms with Gasteiger partial charge in [-0.05, 0) is 24.8 Å². The summed E-state index contributed by atoms with van der Waals surface area (Å²) in [5, 5.41) is 3.18. The molecule has 2 aliphatic heterocycles. The van der Waals surface area contributed by atoms with Crippen LogP contribution >= 0.6 is 0 Å². The van der Waals surface area contributed by atoms with Crippen LogP contribution in [0.15, 0.2) is 36.3 Å². The molecule has 20 heavy (non-hydrogen) atoms. The lowest BCUT2D eigenvalue weighted by Gasteiger charge is -2.30. The molecular weight excluding hydrogens is 255 g/mol. The second-order valence-electron chi connectivity index (χ2n) is 5.89. The molecule has 2 rings (SSSR count). The van der Waals surface area contributed by atoms with Gasteiger partial charge in [0.05, 0.1) is 11.7 Å². The predicted molar refractivity (Wildman–Crippen MR) is 78.5 cm³/mol. The summed E-state index contributed by atoms with van der Waals surface area (Å²) < 4.78 is 12.7. The molecule has 0 spiro atoms. The number of rotatable bonds is 3. The van der Waals surface area contributed by atoms with E-state index in [2.05, 4.69) is 18.8 Å². The van der Waals surface area contributed by atoms with Gasteiger partial charge in [-0.15, -0.1) is 0 Å². The highest BCUT2D eigenvalue weighted by Gasteiger charge is 2.29. The third-order valence-corrected chi connectivity index (χ3v) is 4.10. The van der Waals surface area contributed by atoms with Gasteiger partial charge in [0.25, 0.3) is 5.91 Å². The Morgan fingerprint density at radius 3 is 2.70 bits per heavy atom. The number of likely N-dealkylation sites (tertiary alicyclic amines) is 1. The molecule has 0 radical (unpaired) electrons. The van der Waals surface area contributed by atoms with Gasteiger partial charge in [0.2, 0.25) is 0 Å². The maximum atomic E-state index is 12.7. The number of nitrogens with zero attached hydrogens (tertiary/aromatic N) is 1. The Bertz CT molecular complexity index is 447. The summed E-state index contributed by atoms with van der Waals surface area (Å²) in [5.74, 6) is 0.477. The third kappa shape index (κ3) is 3.50. The molecule has 2 heterocycles. The van der Waals surface area contributed by atoms with Crippen LogP contribution in [0.4, 0.5) is 4.39 Å². The quantitative estimate of drug-likeness (QED) is 0.805. The number of carbonyl (C=O) groups excluding carboxylic acids is 1. The van der Waals surface area contributed by atoms with Gasteiger partial charge in [0.15, 0.2) is 0 Å². The van der Waals surface area contributed by atoms with E-state index in [4.69, 9.17) is 0 Å². The van der Waals surface area contributed by atoms with E-state index < -0.39 is 5.83 Å². The minimum atomic E-state index is -0.469. The van der Waals surface area contributed by atoms with Gasteiger partial charge in [0, 0.05) is 19.0 Å². The smallest absolute Gasteiger partial charge is 0.269 e. The van der Waals surface area contributed by atoms with E-state index in [0.717, 1.165) is 25.9 Å². The lowest BCUT2D eigenvalue weighted by molar-refractivity contribution is -0.128. The van der Waals surface area contributed by atoms with E-state index in [1.807, 2.05) is 17.9 Å². The van der Waals surface area contributed by atoms with E-state index >= 15 is 0 Å². The number of allylic oxidation sites excluding steroid dienone is 2. The molecule has 2 unspecified atom stereocenters. The van der Waals surface area contributed by atoms with E-state index in [9.17, 15) is 9.18 Å². The third-order valence-electron chi connectivity index (χ3n) is 4.10. The fraction of sp³-hybridized carbons (Fsp3) is 0.562. The number of hydrogen-bond donors (Lipinski definition) is 1. The van der Waals surface area contributed by atoms with E-state index in [1.54, 1.807) is 6.08 Å². The molecule has 2 atom stereocenters. The topological polar surface area (TPSA) is 32.3 Å². The fourth-order valence-corrected chi connectivity index (χ4v) is 2.67. The van der Waals surface area contributed by atoms with Gasteiger partial charge in [0.1, 0.15) is 5.83 Å². The summed E-state index contributed by atoms with van der Waals surface area (Å²) in [4.78, 5) is 14.3. The van der Waals surface area contributed by atoms with E-state index in [-0.39, 0.29) is 17.9 Å². The average Bonchev–Trinajstić information content (AvgIpc) is 2.78. The van der Waals surface area contributed by atoms with Crippen molar-refractivity contribution in [3.05, 3.63) is 36.3 Å². The lowest BCUT2D eigenvalue weighted by Crippen LogP contribution is -2.41. The Hall–Kier alpha value is -1.58. The maximum Gasteiger partial charge on any atom is 0.269 e. The zero-order valence-electron chi connectivity index (χ0n) is 12.2. The molecular formula is C16H23FN2O. The standard InChI is InChI=1S/C16H23FN2O/c1-11-6-8-19(9-7-11)16(20)15-10-12(2)14(18-15)5-4-13(3)17/h4-5,10-12,14,18H,3,6-9H2,1-2H3/b5-4-. The molecule has 0 aromatic heterocycles. The zero-order chi connectivity index (χ0) is 14.7. The number of carbonyl (C=O) groups is 1. The molecule has 2 aliphatic rings. The van der Waals surface area contributed by atoms with Crippen molar-refractivity contribution in [2.75, 3.05) is 13.1 Å². The Morgan fingerprint density at radius 1 is 1.45 bits per heavy atom. The second-order valence-corrected chi connectivity index (χ2v) is 5.89. The maximum absolute atomic E-state index is 12.7. The summed E-state index contributed by atoms with van der Waals surface area (Å²) in [7, 11) is 0. The van der Waals surface area contributed by atoms with Crippen molar-refractivity contribution in [1.82, 2.24) is 10.2 Å². The summed E-state index contributed by atoms with van der Waals surface area (Å²) in [6.07, 6.45) is 7.15. The van der Waals surface area contributed by atoms with Crippen molar-refractivity contribution in [3.8, 4) is 0 Å². The molecule has 1 N–H and O–H groups in total. The first-order valence-electron chi connectivity index (χ1n) is 7.27. The fourth-order valence-electron chi connectivity index (χ4n) is 2.67. The monoisotopic (exact) mass is 278 g/mol. The van der Waals surface area contributed by atoms with Gasteiger partial charge in [-0.3, -0.25) is 4.79 Å². The lowest BCUT2D eigenvalue weighted by atomic mass is 9.99. The zero-order valence-corrected chi connectivity index (χ0v) is 12.2. The highest BCUT2D eigenvalue weighted by atomic mass is 19.1. The molecule has 0 aliphatic carbocycles. The molecule has 3 nitrogen and oxygen atoms in total. The number of nitrogens with one attached hydrogen (secondary N) is 1. The first kappa shape index (κ1) is 14.8. The summed E-state index contributed by atoms with van der Waals surface area (Å²) in [5.41, 5.74) is 0.645. The summed E-state index contributed by atoms with van der Waals surface area (Å²) in [6.45, 7) is 9.10. The number of hydrogen-bond acceptors (Lipinski definition) is 2. The van der Waals surface area contributed by atoms with Crippen LogP contribution in [0, 0.1) is 11.8 Å². The van der Waals surface area contributed by atoms with E-state index in [0.29, 0.717) is 11.6 Å². The van der Waals surface area contributed by atoms with Crippen molar-refractivity contribution in [2.45, 2.75) is 32.7 Å². The molecule has 1 fully saturated rings. The van der Waals surface area contributed by atoms with E-state index in [1.165, 1.54) is 6.08 Å². The Kier molecular flexibility index (Phi) is 4.63. The molecule has 0 saturated carbocycles. The van der Waals surface area contributed by atoms with Crippen LogP contribution in [0.25, 0.3) is 0 Å². The average molecular weight is 278 g/mol. The molecule has 1 saturated heterocycles. The Morgan fingerprint density at radius 2 is 2.10 bits per heavy atom. The van der Waals surface area contributed by atoms with Crippen molar-refractivity contribution in [1.29, 1.82) is 0 Å². The van der Waals surface area contributed by atoms with Gasteiger partial charge < -0.3 is 10.2 Å². The van der Waals surface area contributed by atoms with Crippen LogP contribution in [0.2, 0.25) is 0 Å². The highest BCUT2D eigenvalue weighted by molar-refractivity contribution is 5.93. The second kappa shape index (κ2) is 6.25. The van der Waals surface area contributed by atoms with Crippen molar-refractivity contribution >= 4 is 5.91 Å². The number of halogens is 1. The normalized spacial score (nSPS) is 27.6. The Labute approximate surface area is 120 Å². The summed E-state index contributed by atoms with van der Waals surface area (Å²) >= 11 is 0. The van der Waals surface area contributed by atoms with Crippen LogP contribution in [-0.2, 0) is 4.79 Å². The van der Waals surface area contributed by atoms with Crippen molar-refractivity contribution in [2.24, 2.45) is 11.8 Å². The molecule has 4 heteroatoms. The van der Waals surface area contributed by atoms with Crippen LogP contribution in [0.5, 0.6) is 0 Å². The molecule has 1 amide bonds. The largest absolute Gasteiger partial charge is 0.374 e. The molecule has 110 valence electrons. The van der Waals surface area contributed by atoms with Gasteiger partial charge >= 0.3 is 0 Å². The van der Waals surface area contributed by atoms with Crippen LogP contribution < -0.4 is 5.32 Å². The molecule has 0 bridgehead atoms. The molecule has 0 aromatic carbocycles. The van der Waals surface area contributed by atoms with Gasteiger partial charge in [-0.25, -0.2) is 4.39 Å². The number of piperidine rings is 1. The SMILES string of the molecule is C=C(F)/C=C\C1NC(C(=O)N2CCC(C)CC2)=CC1C. The van der Waals surface area contributed by atoms with Crippen LogP contribution in [0.1, 0.15) is 26.7 Å². The van der Waals surface area contributed by atoms with Crippen LogP contribution in [-0.4, -0.2) is 29.9 Å². The predicted octanol–water partition coefficient (Wildman–Crippen LogP) is 2.78. The number of amides is 1. The Balaban J connectivity index is 1.95. The minimum absolute atomic E-state index is 0.0369. The van der Waals surface area contributed by atoms with Gasteiger partial charge in [-0.2, -0.15) is 0 Å². The van der Waals surface area contributed by atoms with Crippen molar-refractivity contribution < 1.29 is 9.18 Å². The van der Waals surface area contributed by atoms with Gasteiger partial charge in [-0.1, -0.05) is 32.6 Å². The van der Waals surface area contributed by atoms with Crippen LogP contribution in [0.3, 0.4) is 0 Å². The minimum Gasteiger partial charge on any atom is -0.374 e. The first-order valence-corrected chi connectivity index (χ1v) is 7.27. The molecule has 0 aromatic rings. The summed E-state index contributed by atoms with van der Waals surface area (Å²) in [6, 6.07) is -0.0369. The van der Waals surface area contributed by atoms with Crippen molar-refractivity contribution in [3.63, 3.8) is 0 Å². The first-order chi connectivity index (χ1) is 9.47.